The van der Waals surface area contributed by atoms with E-state index in [2.05, 4.69) is 21.4 Å². The molecule has 3 N–H and O–H groups in total. The normalized spacial score (nSPS) is 9.65. The van der Waals surface area contributed by atoms with Gasteiger partial charge in [0.25, 0.3) is 0 Å². The van der Waals surface area contributed by atoms with Crippen LogP contribution in [0.3, 0.4) is 0 Å². The molecule has 0 aliphatic heterocycles. The molecular weight excluding hydrogens is 238 g/mol. The number of hydrogen-bond acceptors (Lipinski definition) is 5. The van der Waals surface area contributed by atoms with Gasteiger partial charge < -0.3 is 11.1 Å². The van der Waals surface area contributed by atoms with Crippen molar-refractivity contribution in [1.82, 2.24) is 9.97 Å². The minimum atomic E-state index is 0.0939. The third-order valence-corrected chi connectivity index (χ3v) is 2.17. The SMILES string of the molecule is N#Cc1cccc(Nc2cc(Cl)nc(N)n2)c1. The molecule has 1 aromatic carbocycles. The van der Waals surface area contributed by atoms with Crippen molar-refractivity contribution >= 4 is 29.1 Å². The minimum absolute atomic E-state index is 0.0939. The zero-order valence-electron chi connectivity index (χ0n) is 8.68. The molecule has 0 spiro atoms. The predicted molar refractivity (Wildman–Crippen MR) is 65.9 cm³/mol. The van der Waals surface area contributed by atoms with Crippen LogP contribution in [0.1, 0.15) is 5.56 Å². The molecule has 0 bridgehead atoms. The lowest BCUT2D eigenvalue weighted by molar-refractivity contribution is 1.18. The first-order chi connectivity index (χ1) is 8.17. The quantitative estimate of drug-likeness (QED) is 0.793. The second-order valence-corrected chi connectivity index (χ2v) is 3.64. The van der Waals surface area contributed by atoms with Crippen LogP contribution in [-0.2, 0) is 0 Å². The fourth-order valence-electron chi connectivity index (χ4n) is 1.31. The minimum Gasteiger partial charge on any atom is -0.368 e. The molecule has 0 saturated carbocycles. The standard InChI is InChI=1S/C11H8ClN5/c12-9-5-10(17-11(14)16-9)15-8-3-1-2-7(4-8)6-13/h1-5H,(H3,14,15,16,17). The average molecular weight is 246 g/mol. The number of hydrogen-bond donors (Lipinski definition) is 2. The highest BCUT2D eigenvalue weighted by molar-refractivity contribution is 6.29. The van der Waals surface area contributed by atoms with Gasteiger partial charge in [0, 0.05) is 11.8 Å². The van der Waals surface area contributed by atoms with E-state index in [4.69, 9.17) is 22.6 Å². The van der Waals surface area contributed by atoms with Gasteiger partial charge in [0.15, 0.2) is 0 Å². The molecule has 0 atom stereocenters. The second kappa shape index (κ2) is 4.68. The molecule has 0 aliphatic carbocycles. The Bertz CT molecular complexity index is 570. The largest absolute Gasteiger partial charge is 0.368 e. The molecule has 0 fully saturated rings. The van der Waals surface area contributed by atoms with Gasteiger partial charge in [-0.2, -0.15) is 10.2 Å². The number of nitriles is 1. The molecule has 84 valence electrons. The third-order valence-electron chi connectivity index (χ3n) is 1.98. The predicted octanol–water partition coefficient (Wildman–Crippen LogP) is 2.33. The Morgan fingerprint density at radius 1 is 1.29 bits per heavy atom. The second-order valence-electron chi connectivity index (χ2n) is 3.25. The topological polar surface area (TPSA) is 87.6 Å². The van der Waals surface area contributed by atoms with Crippen LogP contribution in [0.5, 0.6) is 0 Å². The molecule has 0 unspecified atom stereocenters. The number of anilines is 3. The van der Waals surface area contributed by atoms with Crippen LogP contribution in [0.25, 0.3) is 0 Å². The summed E-state index contributed by atoms with van der Waals surface area (Å²) in [7, 11) is 0. The lowest BCUT2D eigenvalue weighted by Crippen LogP contribution is -2.00. The number of nitrogens with one attached hydrogen (secondary N) is 1. The van der Waals surface area contributed by atoms with Gasteiger partial charge in [-0.3, -0.25) is 0 Å². The van der Waals surface area contributed by atoms with Gasteiger partial charge in [0.1, 0.15) is 11.0 Å². The van der Waals surface area contributed by atoms with Gasteiger partial charge in [-0.05, 0) is 18.2 Å². The van der Waals surface area contributed by atoms with Gasteiger partial charge in [0.05, 0.1) is 11.6 Å². The first-order valence-electron chi connectivity index (χ1n) is 4.74. The maximum atomic E-state index is 8.77. The van der Waals surface area contributed by atoms with Crippen molar-refractivity contribution in [3.05, 3.63) is 41.0 Å². The van der Waals surface area contributed by atoms with Crippen molar-refractivity contribution in [1.29, 1.82) is 5.26 Å². The van der Waals surface area contributed by atoms with E-state index in [1.807, 2.05) is 6.07 Å². The Kier molecular flexibility index (Phi) is 3.08. The van der Waals surface area contributed by atoms with Crippen LogP contribution in [0.4, 0.5) is 17.5 Å². The first kappa shape index (κ1) is 11.2. The van der Waals surface area contributed by atoms with E-state index in [1.54, 1.807) is 24.3 Å². The summed E-state index contributed by atoms with van der Waals surface area (Å²) in [6.45, 7) is 0. The van der Waals surface area contributed by atoms with Gasteiger partial charge in [0.2, 0.25) is 5.95 Å². The summed E-state index contributed by atoms with van der Waals surface area (Å²) in [6, 6.07) is 10.6. The molecule has 17 heavy (non-hydrogen) atoms. The van der Waals surface area contributed by atoms with Crippen LogP contribution in [-0.4, -0.2) is 9.97 Å². The fraction of sp³-hybridized carbons (Fsp3) is 0. The van der Waals surface area contributed by atoms with Crippen LogP contribution in [0.15, 0.2) is 30.3 Å². The maximum Gasteiger partial charge on any atom is 0.223 e. The van der Waals surface area contributed by atoms with Crippen molar-refractivity contribution in [3.8, 4) is 6.07 Å². The van der Waals surface area contributed by atoms with E-state index in [1.165, 1.54) is 0 Å². The summed E-state index contributed by atoms with van der Waals surface area (Å²) < 4.78 is 0. The van der Waals surface area contributed by atoms with Gasteiger partial charge in [-0.1, -0.05) is 17.7 Å². The highest BCUT2D eigenvalue weighted by atomic mass is 35.5. The Morgan fingerprint density at radius 3 is 2.82 bits per heavy atom. The third kappa shape index (κ3) is 2.83. The van der Waals surface area contributed by atoms with Crippen molar-refractivity contribution < 1.29 is 0 Å². The highest BCUT2D eigenvalue weighted by Crippen LogP contribution is 2.18. The Labute approximate surface area is 103 Å². The van der Waals surface area contributed by atoms with Gasteiger partial charge in [-0.25, -0.2) is 4.98 Å². The van der Waals surface area contributed by atoms with Crippen molar-refractivity contribution in [2.24, 2.45) is 0 Å². The lowest BCUT2D eigenvalue weighted by atomic mass is 10.2. The summed E-state index contributed by atoms with van der Waals surface area (Å²) in [5, 5.41) is 12.0. The van der Waals surface area contributed by atoms with Crippen molar-refractivity contribution in [3.63, 3.8) is 0 Å². The van der Waals surface area contributed by atoms with E-state index in [-0.39, 0.29) is 11.1 Å². The summed E-state index contributed by atoms with van der Waals surface area (Å²) in [5.74, 6) is 0.578. The number of rotatable bonds is 2. The molecule has 1 heterocycles. The molecule has 2 aromatic rings. The van der Waals surface area contributed by atoms with Gasteiger partial charge >= 0.3 is 0 Å². The van der Waals surface area contributed by atoms with E-state index < -0.39 is 0 Å². The Hall–Kier alpha value is -2.32. The zero-order chi connectivity index (χ0) is 12.3. The molecular formula is C11H8ClN5. The van der Waals surface area contributed by atoms with Crippen LogP contribution < -0.4 is 11.1 Å². The van der Waals surface area contributed by atoms with E-state index >= 15 is 0 Å². The fourth-order valence-corrected chi connectivity index (χ4v) is 1.50. The zero-order valence-corrected chi connectivity index (χ0v) is 9.44. The van der Waals surface area contributed by atoms with Crippen LogP contribution in [0, 0.1) is 11.3 Å². The van der Waals surface area contributed by atoms with Crippen LogP contribution in [0.2, 0.25) is 5.15 Å². The Morgan fingerprint density at radius 2 is 2.12 bits per heavy atom. The Balaban J connectivity index is 2.28. The molecule has 1 aromatic heterocycles. The molecule has 0 aliphatic rings. The van der Waals surface area contributed by atoms with E-state index in [9.17, 15) is 0 Å². The van der Waals surface area contributed by atoms with E-state index in [0.717, 1.165) is 5.69 Å². The highest BCUT2D eigenvalue weighted by Gasteiger charge is 2.01. The maximum absolute atomic E-state index is 8.77. The molecule has 2 rings (SSSR count). The number of aromatic nitrogens is 2. The van der Waals surface area contributed by atoms with Crippen molar-refractivity contribution in [2.75, 3.05) is 11.1 Å². The summed E-state index contributed by atoms with van der Waals surface area (Å²) in [5.41, 5.74) is 6.76. The number of nitrogens with zero attached hydrogens (tertiary/aromatic N) is 3. The summed E-state index contributed by atoms with van der Waals surface area (Å²) in [4.78, 5) is 7.72. The van der Waals surface area contributed by atoms with Crippen molar-refractivity contribution in [2.45, 2.75) is 0 Å². The monoisotopic (exact) mass is 245 g/mol. The summed E-state index contributed by atoms with van der Waals surface area (Å²) in [6.07, 6.45) is 0. The van der Waals surface area contributed by atoms with Crippen LogP contribution >= 0.6 is 11.6 Å². The van der Waals surface area contributed by atoms with Gasteiger partial charge in [-0.15, -0.1) is 0 Å². The molecule has 6 heteroatoms. The summed E-state index contributed by atoms with van der Waals surface area (Å²) >= 11 is 5.75. The average Bonchev–Trinajstić information content (AvgIpc) is 2.28. The number of halogens is 1. The van der Waals surface area contributed by atoms with E-state index in [0.29, 0.717) is 11.4 Å². The molecule has 0 radical (unpaired) electrons. The molecule has 0 saturated heterocycles. The molecule has 0 amide bonds. The number of nitrogen functional groups attached to an aromatic ring is 1. The number of nitrogens with two attached hydrogens (primary N) is 1. The smallest absolute Gasteiger partial charge is 0.223 e. The first-order valence-corrected chi connectivity index (χ1v) is 5.12. The lowest BCUT2D eigenvalue weighted by Gasteiger charge is -2.06. The number of benzene rings is 1. The molecule has 5 nitrogen and oxygen atoms in total.